The van der Waals surface area contributed by atoms with Crippen LogP contribution in [0.2, 0.25) is 0 Å². The Balaban J connectivity index is 1.40. The van der Waals surface area contributed by atoms with Gasteiger partial charge >= 0.3 is 0 Å². The standard InChI is InChI=1S/C17H27N5O/c1-13-18-19-16-11-20(9-10-21(13)16)12-17(23)22-8-4-6-14-5-2-3-7-15(14)22/h14-15H,2-12H2,1H3/t14-,15-/m1/s1. The van der Waals surface area contributed by atoms with E-state index in [-0.39, 0.29) is 0 Å². The van der Waals surface area contributed by atoms with Gasteiger partial charge in [-0.05, 0) is 38.5 Å². The van der Waals surface area contributed by atoms with Gasteiger partial charge in [-0.1, -0.05) is 12.8 Å². The van der Waals surface area contributed by atoms with Crippen molar-refractivity contribution in [1.29, 1.82) is 0 Å². The number of nitrogens with zero attached hydrogens (tertiary/aromatic N) is 5. The average Bonchev–Trinajstić information content (AvgIpc) is 2.95. The Kier molecular flexibility index (Phi) is 4.09. The third-order valence-corrected chi connectivity index (χ3v) is 5.94. The lowest BCUT2D eigenvalue weighted by atomic mass is 9.78. The Labute approximate surface area is 137 Å². The van der Waals surface area contributed by atoms with E-state index in [4.69, 9.17) is 0 Å². The van der Waals surface area contributed by atoms with E-state index in [1.54, 1.807) is 0 Å². The van der Waals surface area contributed by atoms with E-state index in [0.29, 0.717) is 18.5 Å². The van der Waals surface area contributed by atoms with Gasteiger partial charge in [-0.2, -0.15) is 0 Å². The highest BCUT2D eigenvalue weighted by molar-refractivity contribution is 5.78. The normalized spacial score (nSPS) is 28.3. The zero-order valence-corrected chi connectivity index (χ0v) is 14.1. The zero-order chi connectivity index (χ0) is 15.8. The Morgan fingerprint density at radius 3 is 2.83 bits per heavy atom. The molecular formula is C17H27N5O. The van der Waals surface area contributed by atoms with Gasteiger partial charge in [-0.3, -0.25) is 9.69 Å². The van der Waals surface area contributed by atoms with Gasteiger partial charge in [-0.15, -0.1) is 10.2 Å². The molecule has 1 amide bonds. The molecule has 0 N–H and O–H groups in total. The fourth-order valence-corrected chi connectivity index (χ4v) is 4.70. The number of rotatable bonds is 2. The summed E-state index contributed by atoms with van der Waals surface area (Å²) in [5, 5.41) is 8.38. The van der Waals surface area contributed by atoms with Crippen LogP contribution in [0.5, 0.6) is 0 Å². The fourth-order valence-electron chi connectivity index (χ4n) is 4.70. The number of amides is 1. The molecule has 1 saturated carbocycles. The van der Waals surface area contributed by atoms with E-state index in [9.17, 15) is 4.79 Å². The van der Waals surface area contributed by atoms with Crippen molar-refractivity contribution >= 4 is 5.91 Å². The van der Waals surface area contributed by atoms with Crippen LogP contribution in [0.1, 0.15) is 50.2 Å². The molecule has 0 spiro atoms. The van der Waals surface area contributed by atoms with Gasteiger partial charge in [0.2, 0.25) is 5.91 Å². The quantitative estimate of drug-likeness (QED) is 0.831. The highest BCUT2D eigenvalue weighted by Crippen LogP contribution is 2.35. The third-order valence-electron chi connectivity index (χ3n) is 5.94. The first-order valence-electron chi connectivity index (χ1n) is 9.13. The number of aromatic nitrogens is 3. The van der Waals surface area contributed by atoms with Gasteiger partial charge in [0.1, 0.15) is 11.6 Å². The summed E-state index contributed by atoms with van der Waals surface area (Å²) in [4.78, 5) is 17.3. The van der Waals surface area contributed by atoms with Crippen LogP contribution >= 0.6 is 0 Å². The molecule has 0 radical (unpaired) electrons. The molecule has 2 fully saturated rings. The molecule has 3 heterocycles. The number of fused-ring (bicyclic) bond motifs is 2. The maximum Gasteiger partial charge on any atom is 0.237 e. The van der Waals surface area contributed by atoms with Crippen molar-refractivity contribution in [3.8, 4) is 0 Å². The molecule has 6 heteroatoms. The molecule has 126 valence electrons. The van der Waals surface area contributed by atoms with Crippen molar-refractivity contribution in [3.63, 3.8) is 0 Å². The SMILES string of the molecule is Cc1nnc2n1CCN(CC(=O)N1CCC[C@H]3CCCC[C@H]31)C2. The minimum atomic E-state index is 0.325. The second-order valence-corrected chi connectivity index (χ2v) is 7.37. The number of piperidine rings is 1. The summed E-state index contributed by atoms with van der Waals surface area (Å²) in [6.07, 6.45) is 7.67. The smallest absolute Gasteiger partial charge is 0.237 e. The van der Waals surface area contributed by atoms with Crippen LogP contribution in [0.4, 0.5) is 0 Å². The van der Waals surface area contributed by atoms with Crippen LogP contribution < -0.4 is 0 Å². The molecule has 0 bridgehead atoms. The number of aryl methyl sites for hydroxylation is 1. The van der Waals surface area contributed by atoms with E-state index < -0.39 is 0 Å². The second kappa shape index (κ2) is 6.23. The molecule has 0 unspecified atom stereocenters. The van der Waals surface area contributed by atoms with Crippen molar-refractivity contribution < 1.29 is 4.79 Å². The Morgan fingerprint density at radius 1 is 1.09 bits per heavy atom. The van der Waals surface area contributed by atoms with Crippen molar-refractivity contribution in [3.05, 3.63) is 11.6 Å². The van der Waals surface area contributed by atoms with Gasteiger partial charge in [0, 0.05) is 25.7 Å². The first kappa shape index (κ1) is 15.1. The van der Waals surface area contributed by atoms with Gasteiger partial charge in [0.25, 0.3) is 0 Å². The Hall–Kier alpha value is -1.43. The van der Waals surface area contributed by atoms with Crippen LogP contribution in [-0.4, -0.2) is 56.1 Å². The number of hydrogen-bond acceptors (Lipinski definition) is 4. The summed E-state index contributed by atoms with van der Waals surface area (Å²) < 4.78 is 2.17. The summed E-state index contributed by atoms with van der Waals surface area (Å²) in [5.41, 5.74) is 0. The average molecular weight is 317 g/mol. The Bertz CT molecular complexity index is 582. The molecule has 6 nitrogen and oxygen atoms in total. The highest BCUT2D eigenvalue weighted by Gasteiger charge is 2.36. The molecule has 1 aromatic rings. The van der Waals surface area contributed by atoms with Crippen LogP contribution in [0.15, 0.2) is 0 Å². The van der Waals surface area contributed by atoms with Crippen molar-refractivity contribution in [2.24, 2.45) is 5.92 Å². The largest absolute Gasteiger partial charge is 0.338 e. The first-order chi connectivity index (χ1) is 11.2. The molecule has 1 aromatic heterocycles. The molecule has 4 rings (SSSR count). The van der Waals surface area contributed by atoms with E-state index >= 15 is 0 Å². The predicted octanol–water partition coefficient (Wildman–Crippen LogP) is 1.58. The molecule has 3 aliphatic rings. The predicted molar refractivity (Wildman–Crippen MR) is 86.7 cm³/mol. The second-order valence-electron chi connectivity index (χ2n) is 7.37. The topological polar surface area (TPSA) is 54.3 Å². The highest BCUT2D eigenvalue weighted by atomic mass is 16.2. The maximum atomic E-state index is 12.9. The van der Waals surface area contributed by atoms with Crippen LogP contribution in [0.3, 0.4) is 0 Å². The fraction of sp³-hybridized carbons (Fsp3) is 0.824. The lowest BCUT2D eigenvalue weighted by Crippen LogP contribution is -2.53. The van der Waals surface area contributed by atoms with Gasteiger partial charge in [0.05, 0.1) is 13.1 Å². The molecule has 1 aliphatic carbocycles. The van der Waals surface area contributed by atoms with Gasteiger partial charge in [-0.25, -0.2) is 0 Å². The van der Waals surface area contributed by atoms with Gasteiger partial charge in [0.15, 0.2) is 0 Å². The summed E-state index contributed by atoms with van der Waals surface area (Å²) >= 11 is 0. The zero-order valence-electron chi connectivity index (χ0n) is 14.1. The van der Waals surface area contributed by atoms with Crippen molar-refractivity contribution in [1.82, 2.24) is 24.6 Å². The molecule has 0 aromatic carbocycles. The monoisotopic (exact) mass is 317 g/mol. The molecule has 1 saturated heterocycles. The number of carbonyl (C=O) groups excluding carboxylic acids is 1. The summed E-state index contributed by atoms with van der Waals surface area (Å²) in [7, 11) is 0. The molecule has 2 atom stereocenters. The van der Waals surface area contributed by atoms with E-state index in [1.165, 1.54) is 38.5 Å². The van der Waals surface area contributed by atoms with Crippen molar-refractivity contribution in [2.75, 3.05) is 19.6 Å². The van der Waals surface area contributed by atoms with E-state index in [2.05, 4.69) is 24.6 Å². The first-order valence-corrected chi connectivity index (χ1v) is 9.13. The number of hydrogen-bond donors (Lipinski definition) is 0. The van der Waals surface area contributed by atoms with Crippen LogP contribution in [-0.2, 0) is 17.9 Å². The van der Waals surface area contributed by atoms with Gasteiger partial charge < -0.3 is 9.47 Å². The summed E-state index contributed by atoms with van der Waals surface area (Å²) in [6.45, 7) is 6.05. The van der Waals surface area contributed by atoms with Crippen molar-refractivity contribution in [2.45, 2.75) is 64.6 Å². The minimum Gasteiger partial charge on any atom is -0.338 e. The third kappa shape index (κ3) is 2.89. The van der Waals surface area contributed by atoms with E-state index in [1.807, 2.05) is 6.92 Å². The summed E-state index contributed by atoms with van der Waals surface area (Å²) in [6, 6.07) is 0.515. The van der Waals surface area contributed by atoms with Crippen LogP contribution in [0, 0.1) is 12.8 Å². The number of likely N-dealkylation sites (tertiary alicyclic amines) is 1. The lowest BCUT2D eigenvalue weighted by molar-refractivity contribution is -0.139. The number of carbonyl (C=O) groups is 1. The maximum absolute atomic E-state index is 12.9. The Morgan fingerprint density at radius 2 is 1.91 bits per heavy atom. The molecular weight excluding hydrogens is 290 g/mol. The summed E-state index contributed by atoms with van der Waals surface area (Å²) in [5.74, 6) is 3.06. The molecule has 23 heavy (non-hydrogen) atoms. The lowest BCUT2D eigenvalue weighted by Gasteiger charge is -2.44. The van der Waals surface area contributed by atoms with Crippen LogP contribution in [0.25, 0.3) is 0 Å². The minimum absolute atomic E-state index is 0.325. The molecule has 2 aliphatic heterocycles. The van der Waals surface area contributed by atoms with E-state index in [0.717, 1.165) is 43.7 Å².